The summed E-state index contributed by atoms with van der Waals surface area (Å²) in [5.41, 5.74) is 2.49. The van der Waals surface area contributed by atoms with Crippen molar-refractivity contribution in [2.75, 3.05) is 12.4 Å². The summed E-state index contributed by atoms with van der Waals surface area (Å²) in [5.74, 6) is -1.04. The maximum Gasteiger partial charge on any atom is 0.297 e. The molecule has 7 heteroatoms. The molecule has 2 aromatic carbocycles. The van der Waals surface area contributed by atoms with Crippen molar-refractivity contribution in [3.8, 4) is 11.4 Å². The monoisotopic (exact) mass is 383 g/mol. The second-order valence-corrected chi connectivity index (χ2v) is 6.36. The summed E-state index contributed by atoms with van der Waals surface area (Å²) in [6.45, 7) is 3.46. The Hall–Kier alpha value is -3.12. The van der Waals surface area contributed by atoms with Gasteiger partial charge >= 0.3 is 0 Å². The number of carbonyl (C=O) groups is 2. The molecule has 6 nitrogen and oxygen atoms in total. The molecule has 0 bridgehead atoms. The van der Waals surface area contributed by atoms with E-state index in [4.69, 9.17) is 16.3 Å². The zero-order chi connectivity index (χ0) is 19.6. The van der Waals surface area contributed by atoms with Gasteiger partial charge in [-0.3, -0.25) is 9.59 Å². The van der Waals surface area contributed by atoms with Crippen molar-refractivity contribution in [3.63, 3.8) is 0 Å². The van der Waals surface area contributed by atoms with E-state index in [2.05, 4.69) is 10.4 Å². The van der Waals surface area contributed by atoms with E-state index >= 15 is 0 Å². The number of rotatable bonds is 5. The number of hydrogen-bond donors (Lipinski definition) is 1. The summed E-state index contributed by atoms with van der Waals surface area (Å²) >= 11 is 5.97. The zero-order valence-electron chi connectivity index (χ0n) is 15.1. The molecule has 3 aromatic rings. The highest BCUT2D eigenvalue weighted by Gasteiger charge is 2.25. The van der Waals surface area contributed by atoms with Crippen molar-refractivity contribution in [2.45, 2.75) is 13.8 Å². The Morgan fingerprint density at radius 1 is 1.11 bits per heavy atom. The van der Waals surface area contributed by atoms with E-state index in [-0.39, 0.29) is 5.56 Å². The van der Waals surface area contributed by atoms with E-state index in [1.165, 1.54) is 13.2 Å². The first-order valence-corrected chi connectivity index (χ1v) is 8.61. The largest absolute Gasteiger partial charge is 0.495 e. The third kappa shape index (κ3) is 3.71. The second-order valence-electron chi connectivity index (χ2n) is 5.92. The lowest BCUT2D eigenvalue weighted by atomic mass is 10.1. The zero-order valence-corrected chi connectivity index (χ0v) is 15.9. The molecule has 0 aliphatic carbocycles. The van der Waals surface area contributed by atoms with Crippen molar-refractivity contribution in [2.24, 2.45) is 0 Å². The normalized spacial score (nSPS) is 10.5. The second kappa shape index (κ2) is 7.63. The number of halogens is 1. The number of anilines is 1. The highest BCUT2D eigenvalue weighted by atomic mass is 35.5. The number of Topliss-reactive ketones (excluding diaryl/α,β-unsaturated/α-hetero) is 1. The molecule has 0 aliphatic rings. The molecular formula is C20H18ClN3O3. The minimum absolute atomic E-state index is 0.275. The van der Waals surface area contributed by atoms with Crippen molar-refractivity contribution in [3.05, 3.63) is 70.5 Å². The van der Waals surface area contributed by atoms with Gasteiger partial charge in [0.15, 0.2) is 0 Å². The van der Waals surface area contributed by atoms with Crippen LogP contribution in [0, 0.1) is 13.8 Å². The summed E-state index contributed by atoms with van der Waals surface area (Å²) in [4.78, 5) is 25.3. The van der Waals surface area contributed by atoms with Crippen LogP contribution >= 0.6 is 11.6 Å². The summed E-state index contributed by atoms with van der Waals surface area (Å²) in [5, 5.41) is 7.40. The van der Waals surface area contributed by atoms with Crippen LogP contribution < -0.4 is 10.1 Å². The number of nitrogens with zero attached hydrogens (tertiary/aromatic N) is 2. The fourth-order valence-electron chi connectivity index (χ4n) is 2.86. The Labute approximate surface area is 161 Å². The lowest BCUT2D eigenvalue weighted by molar-refractivity contribution is -0.112. The van der Waals surface area contributed by atoms with Gasteiger partial charge in [-0.25, -0.2) is 4.68 Å². The van der Waals surface area contributed by atoms with Gasteiger partial charge in [0, 0.05) is 5.02 Å². The van der Waals surface area contributed by atoms with Crippen LogP contribution in [0.1, 0.15) is 21.7 Å². The molecule has 0 saturated heterocycles. The van der Waals surface area contributed by atoms with Crippen LogP contribution in [-0.4, -0.2) is 28.6 Å². The van der Waals surface area contributed by atoms with Gasteiger partial charge < -0.3 is 10.1 Å². The topological polar surface area (TPSA) is 73.2 Å². The fraction of sp³-hybridized carbons (Fsp3) is 0.150. The number of aryl methyl sites for hydroxylation is 1. The van der Waals surface area contributed by atoms with Gasteiger partial charge in [-0.1, -0.05) is 29.8 Å². The van der Waals surface area contributed by atoms with E-state index in [1.807, 2.05) is 30.3 Å². The summed E-state index contributed by atoms with van der Waals surface area (Å²) in [7, 11) is 1.47. The SMILES string of the molecule is COc1ccc(Cl)cc1NC(=O)C(=O)c1c(C)nn(-c2ccccc2)c1C. The highest BCUT2D eigenvalue weighted by Crippen LogP contribution is 2.28. The van der Waals surface area contributed by atoms with Crippen LogP contribution in [0.2, 0.25) is 5.02 Å². The van der Waals surface area contributed by atoms with Crippen molar-refractivity contribution < 1.29 is 14.3 Å². The standard InChI is InChI=1S/C20H18ClN3O3/c1-12-18(13(2)24(23-12)15-7-5-4-6-8-15)19(25)20(26)22-16-11-14(21)9-10-17(16)27-3/h4-11H,1-3H3,(H,22,26). The minimum Gasteiger partial charge on any atom is -0.495 e. The highest BCUT2D eigenvalue weighted by molar-refractivity contribution is 6.47. The number of benzene rings is 2. The summed E-state index contributed by atoms with van der Waals surface area (Å²) < 4.78 is 6.84. The molecule has 138 valence electrons. The van der Waals surface area contributed by atoms with Crippen LogP contribution in [0.4, 0.5) is 5.69 Å². The molecule has 1 heterocycles. The first kappa shape index (κ1) is 18.7. The Kier molecular flexibility index (Phi) is 5.28. The molecule has 0 atom stereocenters. The van der Waals surface area contributed by atoms with Crippen LogP contribution in [0.25, 0.3) is 5.69 Å². The van der Waals surface area contributed by atoms with E-state index < -0.39 is 11.7 Å². The van der Waals surface area contributed by atoms with Crippen LogP contribution in [-0.2, 0) is 4.79 Å². The Morgan fingerprint density at radius 2 is 1.81 bits per heavy atom. The molecule has 0 saturated carbocycles. The molecule has 0 fully saturated rings. The number of ketones is 1. The van der Waals surface area contributed by atoms with Gasteiger partial charge in [0.25, 0.3) is 11.7 Å². The molecule has 3 rings (SSSR count). The predicted octanol–water partition coefficient (Wildman–Crippen LogP) is 3.97. The van der Waals surface area contributed by atoms with Gasteiger partial charge in [0.2, 0.25) is 0 Å². The van der Waals surface area contributed by atoms with Gasteiger partial charge in [0.05, 0.1) is 35.4 Å². The third-order valence-corrected chi connectivity index (χ3v) is 4.37. The molecule has 1 aromatic heterocycles. The Balaban J connectivity index is 1.92. The molecule has 0 spiro atoms. The van der Waals surface area contributed by atoms with Crippen molar-refractivity contribution >= 4 is 29.0 Å². The minimum atomic E-state index is -0.783. The molecule has 27 heavy (non-hydrogen) atoms. The summed E-state index contributed by atoms with van der Waals surface area (Å²) in [6, 6.07) is 14.2. The van der Waals surface area contributed by atoms with Gasteiger partial charge in [-0.15, -0.1) is 0 Å². The smallest absolute Gasteiger partial charge is 0.297 e. The predicted molar refractivity (Wildman–Crippen MR) is 104 cm³/mol. The van der Waals surface area contributed by atoms with E-state index in [9.17, 15) is 9.59 Å². The van der Waals surface area contributed by atoms with Crippen LogP contribution in [0.3, 0.4) is 0 Å². The quantitative estimate of drug-likeness (QED) is 0.534. The Morgan fingerprint density at radius 3 is 2.48 bits per heavy atom. The number of hydrogen-bond acceptors (Lipinski definition) is 4. The van der Waals surface area contributed by atoms with Gasteiger partial charge in [0.1, 0.15) is 5.75 Å². The molecule has 1 amide bonds. The number of ether oxygens (including phenoxy) is 1. The third-order valence-electron chi connectivity index (χ3n) is 4.14. The van der Waals surface area contributed by atoms with Crippen LogP contribution in [0.5, 0.6) is 5.75 Å². The molecule has 0 radical (unpaired) electrons. The van der Waals surface area contributed by atoms with Crippen LogP contribution in [0.15, 0.2) is 48.5 Å². The molecule has 0 unspecified atom stereocenters. The first-order valence-electron chi connectivity index (χ1n) is 8.23. The lowest BCUT2D eigenvalue weighted by Crippen LogP contribution is -2.24. The molecular weight excluding hydrogens is 366 g/mol. The van der Waals surface area contributed by atoms with Gasteiger partial charge in [-0.2, -0.15) is 5.10 Å². The van der Waals surface area contributed by atoms with E-state index in [0.717, 1.165) is 5.69 Å². The van der Waals surface area contributed by atoms with E-state index in [0.29, 0.717) is 27.8 Å². The van der Waals surface area contributed by atoms with Gasteiger partial charge in [-0.05, 0) is 44.2 Å². The number of methoxy groups -OCH3 is 1. The maximum absolute atomic E-state index is 12.8. The number of para-hydroxylation sites is 1. The fourth-order valence-corrected chi connectivity index (χ4v) is 3.03. The average Bonchev–Trinajstić information content (AvgIpc) is 2.96. The van der Waals surface area contributed by atoms with Crippen molar-refractivity contribution in [1.29, 1.82) is 0 Å². The average molecular weight is 384 g/mol. The number of nitrogens with one attached hydrogen (secondary N) is 1. The molecule has 0 aliphatic heterocycles. The number of amides is 1. The van der Waals surface area contributed by atoms with E-state index in [1.54, 1.807) is 30.7 Å². The maximum atomic E-state index is 12.8. The lowest BCUT2D eigenvalue weighted by Gasteiger charge is -2.10. The first-order chi connectivity index (χ1) is 12.9. The van der Waals surface area contributed by atoms with Crippen molar-refractivity contribution in [1.82, 2.24) is 9.78 Å². The Bertz CT molecular complexity index is 1010. The molecule has 1 N–H and O–H groups in total. The summed E-state index contributed by atoms with van der Waals surface area (Å²) in [6.07, 6.45) is 0. The number of aromatic nitrogens is 2. The number of carbonyl (C=O) groups excluding carboxylic acids is 2.